The Morgan fingerprint density at radius 3 is 0.667 bits per heavy atom. The van der Waals surface area contributed by atoms with Crippen LogP contribution in [0.25, 0.3) is 0 Å². The van der Waals surface area contributed by atoms with Gasteiger partial charge in [0.1, 0.15) is 0 Å². The number of nitrogens with two attached hydrogens (primary N) is 2. The Morgan fingerprint density at radius 1 is 0.667 bits per heavy atom. The number of primary amides is 2. The minimum atomic E-state index is -4.67. The quantitative estimate of drug-likeness (QED) is 0.141. The third-order valence-electron chi connectivity index (χ3n) is 0. The first-order valence-electron chi connectivity index (χ1n) is 2.54. The van der Waals surface area contributed by atoms with Gasteiger partial charge in [-0.2, -0.15) is 16.8 Å². The number of carbonyl (C=O) groups is 2. The predicted molar refractivity (Wildman–Crippen MR) is 63.2 cm³/mol. The molecular formula is C2H12N2Na2O10S2. The number of amides is 2. The first-order valence-corrected chi connectivity index (χ1v) is 5.33. The third kappa shape index (κ3) is 8870. The molecule has 0 spiro atoms. The van der Waals surface area contributed by atoms with Crippen LogP contribution in [0.5, 0.6) is 0 Å². The van der Waals surface area contributed by atoms with Gasteiger partial charge in [-0.05, 0) is 0 Å². The van der Waals surface area contributed by atoms with Crippen LogP contribution in [0.4, 0.5) is 0 Å². The number of rotatable bonds is 0. The van der Waals surface area contributed by atoms with Crippen molar-refractivity contribution in [2.75, 3.05) is 0 Å². The Hall–Kier alpha value is 0.680. The van der Waals surface area contributed by atoms with Crippen molar-refractivity contribution >= 4 is 92.7 Å². The summed E-state index contributed by atoms with van der Waals surface area (Å²) in [7, 11) is -9.33. The SMILES string of the molecule is NC=O.NC=O.O=S(=O)(O)O.O=S(=O)(O)O.[NaH].[NaH]. The second kappa shape index (κ2) is 22.8. The summed E-state index contributed by atoms with van der Waals surface area (Å²) in [5.41, 5.74) is 8.33. The van der Waals surface area contributed by atoms with E-state index in [0.29, 0.717) is 0 Å². The summed E-state index contributed by atoms with van der Waals surface area (Å²) in [5, 5.41) is 0. The Balaban J connectivity index is -0.0000000265. The van der Waals surface area contributed by atoms with Gasteiger partial charge < -0.3 is 11.5 Å². The van der Waals surface area contributed by atoms with Crippen molar-refractivity contribution in [1.82, 2.24) is 0 Å². The molecule has 0 unspecified atom stereocenters. The summed E-state index contributed by atoms with van der Waals surface area (Å²) in [4.78, 5) is 17.2. The molecule has 0 bridgehead atoms. The predicted octanol–water partition coefficient (Wildman–Crippen LogP) is -4.40. The average Bonchev–Trinajstić information content (AvgIpc) is 1.79. The van der Waals surface area contributed by atoms with Crippen molar-refractivity contribution in [3.05, 3.63) is 0 Å². The van der Waals surface area contributed by atoms with Crippen LogP contribution in [0.1, 0.15) is 0 Å². The molecule has 0 aromatic carbocycles. The molecule has 2 amide bonds. The van der Waals surface area contributed by atoms with E-state index in [0.717, 1.165) is 0 Å². The van der Waals surface area contributed by atoms with Gasteiger partial charge in [0.05, 0.1) is 0 Å². The van der Waals surface area contributed by atoms with Crippen molar-refractivity contribution in [2.24, 2.45) is 11.5 Å². The molecule has 16 heteroatoms. The molecule has 0 aliphatic rings. The van der Waals surface area contributed by atoms with Crippen LogP contribution >= 0.6 is 0 Å². The first kappa shape index (κ1) is 36.3. The zero-order chi connectivity index (χ0) is 14.4. The van der Waals surface area contributed by atoms with Crippen LogP contribution in [-0.2, 0) is 30.4 Å². The maximum atomic E-state index is 8.74. The van der Waals surface area contributed by atoms with Crippen molar-refractivity contribution in [3.8, 4) is 0 Å². The molecule has 18 heavy (non-hydrogen) atoms. The normalized spacial score (nSPS) is 7.78. The fourth-order valence-electron chi connectivity index (χ4n) is 0. The Bertz CT molecular complexity index is 298. The molecule has 104 valence electrons. The Labute approximate surface area is 147 Å². The van der Waals surface area contributed by atoms with Crippen molar-refractivity contribution < 1.29 is 44.6 Å². The van der Waals surface area contributed by atoms with Crippen LogP contribution in [0.2, 0.25) is 0 Å². The van der Waals surface area contributed by atoms with E-state index in [9.17, 15) is 0 Å². The molecule has 0 saturated carbocycles. The van der Waals surface area contributed by atoms with E-state index in [2.05, 4.69) is 11.5 Å². The van der Waals surface area contributed by atoms with E-state index < -0.39 is 20.8 Å². The summed E-state index contributed by atoms with van der Waals surface area (Å²) in [5.74, 6) is 0. The monoisotopic (exact) mass is 334 g/mol. The maximum absolute atomic E-state index is 8.74. The zero-order valence-electron chi connectivity index (χ0n) is 7.36. The molecule has 0 rings (SSSR count). The van der Waals surface area contributed by atoms with Gasteiger partial charge in [0, 0.05) is 0 Å². The molecular weight excluding hydrogens is 322 g/mol. The molecule has 0 fully saturated rings. The van der Waals surface area contributed by atoms with Crippen molar-refractivity contribution in [1.29, 1.82) is 0 Å². The molecule has 0 heterocycles. The number of hydrogen-bond acceptors (Lipinski definition) is 6. The van der Waals surface area contributed by atoms with Gasteiger partial charge in [-0.25, -0.2) is 0 Å². The van der Waals surface area contributed by atoms with Gasteiger partial charge >= 0.3 is 79.9 Å². The standard InChI is InChI=1S/2CH3NO.2Na.2H2O4S.2H/c2*2-1-3;;;2*1-5(2,3)4;;/h2*1H,(H2,2,3);;;2*(H2,1,2,3,4);;. The minimum absolute atomic E-state index is 0. The zero-order valence-corrected chi connectivity index (χ0v) is 9.00. The molecule has 0 aliphatic carbocycles. The molecule has 0 aromatic heterocycles. The van der Waals surface area contributed by atoms with Gasteiger partial charge in [0.2, 0.25) is 12.8 Å². The van der Waals surface area contributed by atoms with Crippen LogP contribution in [0.15, 0.2) is 0 Å². The fourth-order valence-corrected chi connectivity index (χ4v) is 0. The van der Waals surface area contributed by atoms with Gasteiger partial charge in [-0.15, -0.1) is 0 Å². The van der Waals surface area contributed by atoms with Crippen LogP contribution in [0.3, 0.4) is 0 Å². The summed E-state index contributed by atoms with van der Waals surface area (Å²) in [6.07, 6.45) is 0.500. The van der Waals surface area contributed by atoms with Gasteiger partial charge in [0.25, 0.3) is 0 Å². The number of hydrogen-bond donors (Lipinski definition) is 6. The van der Waals surface area contributed by atoms with Crippen LogP contribution in [-0.4, -0.2) is 107 Å². The van der Waals surface area contributed by atoms with Crippen molar-refractivity contribution in [2.45, 2.75) is 0 Å². The molecule has 0 radical (unpaired) electrons. The summed E-state index contributed by atoms with van der Waals surface area (Å²) in [6, 6.07) is 0. The van der Waals surface area contributed by atoms with E-state index in [-0.39, 0.29) is 71.9 Å². The van der Waals surface area contributed by atoms with Crippen LogP contribution < -0.4 is 11.5 Å². The van der Waals surface area contributed by atoms with Gasteiger partial charge in [0.15, 0.2) is 0 Å². The Kier molecular flexibility index (Phi) is 46.1. The van der Waals surface area contributed by atoms with Gasteiger partial charge in [-0.1, -0.05) is 0 Å². The molecule has 0 aromatic rings. The second-order valence-corrected chi connectivity index (χ2v) is 2.96. The molecule has 0 saturated heterocycles. The topological polar surface area (TPSA) is 235 Å². The second-order valence-electron chi connectivity index (χ2n) is 1.17. The summed E-state index contributed by atoms with van der Waals surface area (Å²) >= 11 is 0. The molecule has 0 atom stereocenters. The summed E-state index contributed by atoms with van der Waals surface area (Å²) < 4.78 is 63.2. The first-order chi connectivity index (χ1) is 6.83. The third-order valence-corrected chi connectivity index (χ3v) is 0. The van der Waals surface area contributed by atoms with E-state index in [1.807, 2.05) is 0 Å². The Morgan fingerprint density at radius 2 is 0.667 bits per heavy atom. The van der Waals surface area contributed by atoms with Gasteiger partial charge in [-0.3, -0.25) is 27.8 Å². The van der Waals surface area contributed by atoms with Crippen molar-refractivity contribution in [3.63, 3.8) is 0 Å². The number of carbonyl (C=O) groups excluding carboxylic acids is 2. The summed E-state index contributed by atoms with van der Waals surface area (Å²) in [6.45, 7) is 0. The fraction of sp³-hybridized carbons (Fsp3) is 0. The van der Waals surface area contributed by atoms with Crippen LogP contribution in [0, 0.1) is 0 Å². The molecule has 12 nitrogen and oxygen atoms in total. The van der Waals surface area contributed by atoms with E-state index >= 15 is 0 Å². The van der Waals surface area contributed by atoms with E-state index in [1.54, 1.807) is 0 Å². The molecule has 8 N–H and O–H groups in total. The van der Waals surface area contributed by atoms with E-state index in [1.165, 1.54) is 0 Å². The average molecular weight is 334 g/mol. The molecule has 0 aliphatic heterocycles. The van der Waals surface area contributed by atoms with E-state index in [4.69, 9.17) is 44.6 Å².